The number of carbonyl (C=O) groups is 1. The van der Waals surface area contributed by atoms with Crippen LogP contribution < -0.4 is 5.32 Å². The summed E-state index contributed by atoms with van der Waals surface area (Å²) in [5.41, 5.74) is 1.37. The van der Waals surface area contributed by atoms with Crippen LogP contribution in [-0.2, 0) is 12.8 Å². The van der Waals surface area contributed by atoms with Crippen molar-refractivity contribution in [3.8, 4) is 0 Å². The van der Waals surface area contributed by atoms with E-state index in [1.807, 2.05) is 30.3 Å². The minimum atomic E-state index is -0.369. The van der Waals surface area contributed by atoms with E-state index < -0.39 is 0 Å². The first-order valence-corrected chi connectivity index (χ1v) is 10.4. The first kappa shape index (κ1) is 19.2. The summed E-state index contributed by atoms with van der Waals surface area (Å²) >= 11 is 2.70. The molecule has 11 heteroatoms. The lowest BCUT2D eigenvalue weighted by Crippen LogP contribution is -2.16. The van der Waals surface area contributed by atoms with Gasteiger partial charge in [0.15, 0.2) is 16.7 Å². The molecular formula is C18H16N8OS2. The highest BCUT2D eigenvalue weighted by Crippen LogP contribution is 2.28. The summed E-state index contributed by atoms with van der Waals surface area (Å²) in [5.74, 6) is 0.756. The van der Waals surface area contributed by atoms with E-state index in [2.05, 4.69) is 35.6 Å². The molecule has 3 heterocycles. The summed E-state index contributed by atoms with van der Waals surface area (Å²) in [6, 6.07) is 11.7. The van der Waals surface area contributed by atoms with Crippen LogP contribution in [0.1, 0.15) is 16.1 Å². The van der Waals surface area contributed by atoms with Gasteiger partial charge >= 0.3 is 0 Å². The molecule has 0 spiro atoms. The Bertz CT molecular complexity index is 1100. The number of benzene rings is 1. The van der Waals surface area contributed by atoms with Crippen LogP contribution in [0.2, 0.25) is 0 Å². The Labute approximate surface area is 174 Å². The van der Waals surface area contributed by atoms with Gasteiger partial charge in [0.25, 0.3) is 5.91 Å². The summed E-state index contributed by atoms with van der Waals surface area (Å²) in [4.78, 5) is 25.9. The second-order valence-corrected chi connectivity index (χ2v) is 7.83. The highest BCUT2D eigenvalue weighted by Gasteiger charge is 2.18. The van der Waals surface area contributed by atoms with Crippen LogP contribution in [0.25, 0.3) is 0 Å². The van der Waals surface area contributed by atoms with Crippen LogP contribution in [0.4, 0.5) is 5.82 Å². The predicted octanol–water partition coefficient (Wildman–Crippen LogP) is 3.02. The molecule has 0 bridgehead atoms. The van der Waals surface area contributed by atoms with E-state index in [9.17, 15) is 4.79 Å². The van der Waals surface area contributed by atoms with Crippen LogP contribution in [0.5, 0.6) is 0 Å². The minimum Gasteiger partial charge on any atom is -0.304 e. The van der Waals surface area contributed by atoms with Gasteiger partial charge in [-0.3, -0.25) is 14.6 Å². The number of anilines is 1. The lowest BCUT2D eigenvalue weighted by molar-refractivity contribution is 0.101. The summed E-state index contributed by atoms with van der Waals surface area (Å²) in [5, 5.41) is 15.2. The number of hydrogen-bond acceptors (Lipinski definition) is 8. The first-order chi connectivity index (χ1) is 14.2. The molecule has 29 heavy (non-hydrogen) atoms. The van der Waals surface area contributed by atoms with E-state index in [0.717, 1.165) is 5.56 Å². The zero-order valence-corrected chi connectivity index (χ0v) is 16.9. The monoisotopic (exact) mass is 424 g/mol. The summed E-state index contributed by atoms with van der Waals surface area (Å²) in [6.07, 6.45) is 4.79. The van der Waals surface area contributed by atoms with Crippen LogP contribution in [0, 0.1) is 0 Å². The number of aryl methyl sites for hydroxylation is 1. The van der Waals surface area contributed by atoms with Crippen LogP contribution >= 0.6 is 23.5 Å². The largest absolute Gasteiger partial charge is 0.304 e. The van der Waals surface area contributed by atoms with Crippen LogP contribution in [0.15, 0.2) is 70.3 Å². The Morgan fingerprint density at radius 1 is 1.21 bits per heavy atom. The minimum absolute atomic E-state index is 0.237. The van der Waals surface area contributed by atoms with Gasteiger partial charge in [-0.15, -0.1) is 0 Å². The molecule has 0 aliphatic rings. The maximum atomic E-state index is 12.9. The predicted molar refractivity (Wildman–Crippen MR) is 110 cm³/mol. The number of H-pyrrole nitrogens is 1. The average molecular weight is 425 g/mol. The second kappa shape index (κ2) is 8.88. The third-order valence-electron chi connectivity index (χ3n) is 3.70. The number of nitrogens with zero attached hydrogens (tertiary/aromatic N) is 6. The molecule has 0 radical (unpaired) electrons. The van der Waals surface area contributed by atoms with Gasteiger partial charge < -0.3 is 5.32 Å². The van der Waals surface area contributed by atoms with Crippen molar-refractivity contribution >= 4 is 35.2 Å². The van der Waals surface area contributed by atoms with Gasteiger partial charge in [0.1, 0.15) is 16.4 Å². The SMILES string of the molecule is Cn1ccc(NC(=O)c2nc(Sc3ncn[nH]3)cnc2SCc2ccccc2)n1. The molecule has 1 aromatic carbocycles. The van der Waals surface area contributed by atoms with Crippen molar-refractivity contribution in [3.63, 3.8) is 0 Å². The smallest absolute Gasteiger partial charge is 0.278 e. The fraction of sp³-hybridized carbons (Fsp3) is 0.111. The van der Waals surface area contributed by atoms with Crippen molar-refractivity contribution in [1.29, 1.82) is 0 Å². The van der Waals surface area contributed by atoms with E-state index in [0.29, 0.717) is 26.8 Å². The Kier molecular flexibility index (Phi) is 5.86. The Morgan fingerprint density at radius 2 is 2.07 bits per heavy atom. The van der Waals surface area contributed by atoms with Crippen molar-refractivity contribution < 1.29 is 4.79 Å². The molecule has 146 valence electrons. The third kappa shape index (κ3) is 5.00. The van der Waals surface area contributed by atoms with Gasteiger partial charge in [0, 0.05) is 25.1 Å². The fourth-order valence-electron chi connectivity index (χ4n) is 2.39. The molecule has 0 aliphatic heterocycles. The quantitative estimate of drug-likeness (QED) is 0.435. The molecular weight excluding hydrogens is 408 g/mol. The van der Waals surface area contributed by atoms with Crippen molar-refractivity contribution in [3.05, 3.63) is 66.4 Å². The van der Waals surface area contributed by atoms with Crippen molar-refractivity contribution in [2.24, 2.45) is 7.05 Å². The molecule has 0 unspecified atom stereocenters. The van der Waals surface area contributed by atoms with Gasteiger partial charge in [-0.1, -0.05) is 42.1 Å². The van der Waals surface area contributed by atoms with E-state index in [-0.39, 0.29) is 11.6 Å². The lowest BCUT2D eigenvalue weighted by atomic mass is 10.2. The van der Waals surface area contributed by atoms with E-state index in [4.69, 9.17) is 0 Å². The molecule has 0 saturated carbocycles. The number of carbonyl (C=O) groups excluding carboxylic acids is 1. The highest BCUT2D eigenvalue weighted by atomic mass is 32.2. The van der Waals surface area contributed by atoms with Gasteiger partial charge in [-0.2, -0.15) is 10.2 Å². The highest BCUT2D eigenvalue weighted by molar-refractivity contribution is 7.99. The number of hydrogen-bond donors (Lipinski definition) is 2. The van der Waals surface area contributed by atoms with Gasteiger partial charge in [-0.05, 0) is 17.3 Å². The fourth-order valence-corrected chi connectivity index (χ4v) is 3.93. The topological polar surface area (TPSA) is 114 Å². The Balaban J connectivity index is 1.58. The number of aromatic nitrogens is 7. The molecule has 0 fully saturated rings. The molecule has 2 N–H and O–H groups in total. The molecule has 0 atom stereocenters. The van der Waals surface area contributed by atoms with Crippen molar-refractivity contribution in [2.45, 2.75) is 21.0 Å². The van der Waals surface area contributed by atoms with Crippen LogP contribution in [0.3, 0.4) is 0 Å². The van der Waals surface area contributed by atoms with E-state index in [1.165, 1.54) is 29.9 Å². The second-order valence-electron chi connectivity index (χ2n) is 5.86. The standard InChI is InChI=1S/C18H16N8OS2/c1-26-8-7-13(25-26)22-16(27)15-17(28-10-12-5-3-2-4-6-12)19-9-14(23-15)29-18-20-11-21-24-18/h2-9,11H,10H2,1H3,(H,20,21,24)(H,22,25,27). The zero-order valence-electron chi connectivity index (χ0n) is 15.3. The maximum absolute atomic E-state index is 12.9. The van der Waals surface area contributed by atoms with Crippen molar-refractivity contribution in [1.82, 2.24) is 34.9 Å². The number of nitrogens with one attached hydrogen (secondary N) is 2. The normalized spacial score (nSPS) is 10.8. The molecule has 0 saturated heterocycles. The molecule has 0 aliphatic carbocycles. The van der Waals surface area contributed by atoms with Gasteiger partial charge in [0.2, 0.25) is 0 Å². The van der Waals surface area contributed by atoms with Crippen LogP contribution in [-0.4, -0.2) is 40.8 Å². The Hall–Kier alpha value is -3.18. The number of aromatic amines is 1. The summed E-state index contributed by atoms with van der Waals surface area (Å²) in [7, 11) is 1.78. The number of rotatable bonds is 7. The van der Waals surface area contributed by atoms with E-state index in [1.54, 1.807) is 30.2 Å². The van der Waals surface area contributed by atoms with Gasteiger partial charge in [0.05, 0.1) is 6.20 Å². The molecule has 1 amide bonds. The number of thioether (sulfide) groups is 1. The zero-order chi connectivity index (χ0) is 20.1. The molecule has 9 nitrogen and oxygen atoms in total. The number of amides is 1. The van der Waals surface area contributed by atoms with Crippen molar-refractivity contribution in [2.75, 3.05) is 5.32 Å². The maximum Gasteiger partial charge on any atom is 0.278 e. The Morgan fingerprint density at radius 3 is 2.79 bits per heavy atom. The average Bonchev–Trinajstić information content (AvgIpc) is 3.39. The van der Waals surface area contributed by atoms with Gasteiger partial charge in [-0.25, -0.2) is 15.0 Å². The lowest BCUT2D eigenvalue weighted by Gasteiger charge is -2.09. The molecule has 4 aromatic rings. The van der Waals surface area contributed by atoms with E-state index >= 15 is 0 Å². The molecule has 3 aromatic heterocycles. The summed E-state index contributed by atoms with van der Waals surface area (Å²) in [6.45, 7) is 0. The third-order valence-corrected chi connectivity index (χ3v) is 5.55. The first-order valence-electron chi connectivity index (χ1n) is 8.55. The molecule has 4 rings (SSSR count). The summed E-state index contributed by atoms with van der Waals surface area (Å²) < 4.78 is 1.61.